The SMILES string of the molecule is COc1ccc(CN(C(=O)CN(c2ccc3c(c2)OCCO3)S(C)(=O)=O)[C@@H](C)C(=O)NC2CCCCC2)cc1. The van der Waals surface area contributed by atoms with E-state index in [-0.39, 0.29) is 24.2 Å². The van der Waals surface area contributed by atoms with Gasteiger partial charge < -0.3 is 24.4 Å². The largest absolute Gasteiger partial charge is 0.497 e. The first-order chi connectivity index (χ1) is 18.7. The molecule has 1 saturated carbocycles. The maximum atomic E-state index is 13.8. The van der Waals surface area contributed by atoms with E-state index in [4.69, 9.17) is 14.2 Å². The van der Waals surface area contributed by atoms with Crippen molar-refractivity contribution in [1.29, 1.82) is 0 Å². The number of hydrogen-bond acceptors (Lipinski definition) is 7. The molecule has 0 spiro atoms. The van der Waals surface area contributed by atoms with Gasteiger partial charge in [0.2, 0.25) is 21.8 Å². The van der Waals surface area contributed by atoms with Crippen molar-refractivity contribution < 1.29 is 32.2 Å². The van der Waals surface area contributed by atoms with E-state index >= 15 is 0 Å². The summed E-state index contributed by atoms with van der Waals surface area (Å²) < 4.78 is 43.1. The van der Waals surface area contributed by atoms with Gasteiger partial charge in [0.25, 0.3) is 0 Å². The Morgan fingerprint density at radius 2 is 1.69 bits per heavy atom. The van der Waals surface area contributed by atoms with Gasteiger partial charge in [-0.15, -0.1) is 0 Å². The van der Waals surface area contributed by atoms with E-state index in [1.54, 1.807) is 44.4 Å². The molecule has 2 aliphatic rings. The van der Waals surface area contributed by atoms with E-state index in [9.17, 15) is 18.0 Å². The Morgan fingerprint density at radius 1 is 1.03 bits per heavy atom. The lowest BCUT2D eigenvalue weighted by Crippen LogP contribution is -2.52. The second-order valence-electron chi connectivity index (χ2n) is 9.99. The predicted octanol–water partition coefficient (Wildman–Crippen LogP) is 3.10. The minimum atomic E-state index is -3.85. The van der Waals surface area contributed by atoms with Crippen LogP contribution in [0.5, 0.6) is 17.2 Å². The van der Waals surface area contributed by atoms with E-state index in [1.807, 2.05) is 12.1 Å². The van der Waals surface area contributed by atoms with Gasteiger partial charge in [0.1, 0.15) is 31.5 Å². The average Bonchev–Trinajstić information content (AvgIpc) is 2.94. The van der Waals surface area contributed by atoms with E-state index in [0.717, 1.165) is 48.2 Å². The lowest BCUT2D eigenvalue weighted by atomic mass is 9.95. The topological polar surface area (TPSA) is 114 Å². The first-order valence-electron chi connectivity index (χ1n) is 13.3. The number of nitrogens with zero attached hydrogens (tertiary/aromatic N) is 2. The molecular weight excluding hydrogens is 522 g/mol. The molecule has 0 aromatic heterocycles. The maximum Gasteiger partial charge on any atom is 0.244 e. The minimum absolute atomic E-state index is 0.0804. The molecule has 0 radical (unpaired) electrons. The molecule has 4 rings (SSSR count). The highest BCUT2D eigenvalue weighted by Crippen LogP contribution is 2.34. The molecule has 0 saturated heterocycles. The number of amides is 2. The third kappa shape index (κ3) is 7.35. The number of fused-ring (bicyclic) bond motifs is 1. The summed E-state index contributed by atoms with van der Waals surface area (Å²) in [4.78, 5) is 28.5. The van der Waals surface area contributed by atoms with Crippen LogP contribution in [0.1, 0.15) is 44.6 Å². The van der Waals surface area contributed by atoms with Gasteiger partial charge in [-0.25, -0.2) is 8.42 Å². The number of carbonyl (C=O) groups is 2. The van der Waals surface area contributed by atoms with Crippen LogP contribution in [-0.2, 0) is 26.2 Å². The molecule has 1 heterocycles. The number of hydrogen-bond donors (Lipinski definition) is 1. The standard InChI is InChI=1S/C28H37N3O7S/c1-20(28(33)29-22-7-5-4-6-8-22)30(18-21-9-12-24(36-2)13-10-21)27(32)19-31(39(3,34)35)23-11-14-25-26(17-23)38-16-15-37-25/h9-14,17,20,22H,4-8,15-16,18-19H2,1-3H3,(H,29,33)/t20-/m0/s1. The molecule has 0 bridgehead atoms. The third-order valence-corrected chi connectivity index (χ3v) is 8.26. The van der Waals surface area contributed by atoms with Crippen LogP contribution in [0.3, 0.4) is 0 Å². The molecule has 1 atom stereocenters. The van der Waals surface area contributed by atoms with Gasteiger partial charge in [-0.1, -0.05) is 31.4 Å². The Kier molecular flexibility index (Phi) is 9.21. The van der Waals surface area contributed by atoms with Crippen molar-refractivity contribution in [3.8, 4) is 17.2 Å². The summed E-state index contributed by atoms with van der Waals surface area (Å²) >= 11 is 0. The Balaban J connectivity index is 1.59. The smallest absolute Gasteiger partial charge is 0.244 e. The minimum Gasteiger partial charge on any atom is -0.497 e. The molecule has 2 amide bonds. The van der Waals surface area contributed by atoms with E-state index < -0.39 is 28.5 Å². The number of sulfonamides is 1. The number of ether oxygens (including phenoxy) is 3. The van der Waals surface area contributed by atoms with E-state index in [0.29, 0.717) is 30.5 Å². The third-order valence-electron chi connectivity index (χ3n) is 7.12. The van der Waals surface area contributed by atoms with Crippen molar-refractivity contribution in [2.24, 2.45) is 0 Å². The van der Waals surface area contributed by atoms with E-state index in [2.05, 4.69) is 5.32 Å². The van der Waals surface area contributed by atoms with Crippen molar-refractivity contribution in [2.45, 2.75) is 57.7 Å². The highest BCUT2D eigenvalue weighted by Gasteiger charge is 2.31. The van der Waals surface area contributed by atoms with Crippen molar-refractivity contribution in [2.75, 3.05) is 37.4 Å². The second-order valence-corrected chi connectivity index (χ2v) is 11.9. The summed E-state index contributed by atoms with van der Waals surface area (Å²) in [6, 6.07) is 11.2. The molecule has 11 heteroatoms. The Hall–Kier alpha value is -3.47. The summed E-state index contributed by atoms with van der Waals surface area (Å²) in [7, 11) is -2.28. The van der Waals surface area contributed by atoms with Gasteiger partial charge in [-0.3, -0.25) is 13.9 Å². The molecule has 2 aromatic carbocycles. The van der Waals surface area contributed by atoms with Crippen LogP contribution in [0.4, 0.5) is 5.69 Å². The normalized spacial score (nSPS) is 16.2. The average molecular weight is 560 g/mol. The molecule has 2 aromatic rings. The van der Waals surface area contributed by atoms with Gasteiger partial charge in [0.15, 0.2) is 11.5 Å². The van der Waals surface area contributed by atoms with Crippen LogP contribution < -0.4 is 23.8 Å². The lowest BCUT2D eigenvalue weighted by molar-refractivity contribution is -0.139. The predicted molar refractivity (Wildman–Crippen MR) is 148 cm³/mol. The Bertz CT molecular complexity index is 1260. The highest BCUT2D eigenvalue weighted by atomic mass is 32.2. The molecule has 39 heavy (non-hydrogen) atoms. The van der Waals surface area contributed by atoms with Crippen LogP contribution in [0, 0.1) is 0 Å². The van der Waals surface area contributed by atoms with Crippen molar-refractivity contribution in [3.63, 3.8) is 0 Å². The fourth-order valence-corrected chi connectivity index (χ4v) is 5.72. The van der Waals surface area contributed by atoms with Gasteiger partial charge in [0, 0.05) is 18.7 Å². The molecule has 212 valence electrons. The summed E-state index contributed by atoms with van der Waals surface area (Å²) in [5.41, 5.74) is 1.06. The summed E-state index contributed by atoms with van der Waals surface area (Å²) in [6.45, 7) is 2.07. The van der Waals surface area contributed by atoms with Crippen LogP contribution in [0.15, 0.2) is 42.5 Å². The molecule has 1 aliphatic carbocycles. The first kappa shape index (κ1) is 28.5. The van der Waals surface area contributed by atoms with E-state index in [1.165, 1.54) is 4.90 Å². The second kappa shape index (κ2) is 12.6. The Morgan fingerprint density at radius 3 is 2.33 bits per heavy atom. The number of methoxy groups -OCH3 is 1. The number of nitrogens with one attached hydrogen (secondary N) is 1. The van der Waals surface area contributed by atoms with Crippen LogP contribution >= 0.6 is 0 Å². The molecule has 1 N–H and O–H groups in total. The van der Waals surface area contributed by atoms with Gasteiger partial charge in [0.05, 0.1) is 19.1 Å². The summed E-state index contributed by atoms with van der Waals surface area (Å²) in [5.74, 6) is 0.835. The molecule has 1 fully saturated rings. The quantitative estimate of drug-likeness (QED) is 0.476. The summed E-state index contributed by atoms with van der Waals surface area (Å²) in [6.07, 6.45) is 6.16. The van der Waals surface area contributed by atoms with Crippen LogP contribution in [0.25, 0.3) is 0 Å². The summed E-state index contributed by atoms with van der Waals surface area (Å²) in [5, 5.41) is 3.09. The zero-order chi connectivity index (χ0) is 28.0. The van der Waals surface area contributed by atoms with Gasteiger partial charge >= 0.3 is 0 Å². The number of anilines is 1. The fraction of sp³-hybridized carbons (Fsp3) is 0.500. The van der Waals surface area contributed by atoms with Crippen molar-refractivity contribution in [1.82, 2.24) is 10.2 Å². The monoisotopic (exact) mass is 559 g/mol. The zero-order valence-electron chi connectivity index (χ0n) is 22.7. The molecule has 0 unspecified atom stereocenters. The number of benzene rings is 2. The first-order valence-corrected chi connectivity index (χ1v) is 15.1. The maximum absolute atomic E-state index is 13.8. The van der Waals surface area contributed by atoms with Crippen LogP contribution in [0.2, 0.25) is 0 Å². The van der Waals surface area contributed by atoms with Crippen LogP contribution in [-0.4, -0.2) is 70.3 Å². The Labute approximate surface area is 230 Å². The zero-order valence-corrected chi connectivity index (χ0v) is 23.5. The fourth-order valence-electron chi connectivity index (χ4n) is 4.88. The molecule has 10 nitrogen and oxygen atoms in total. The molecular formula is C28H37N3O7S. The number of rotatable bonds is 10. The highest BCUT2D eigenvalue weighted by molar-refractivity contribution is 7.92. The van der Waals surface area contributed by atoms with Gasteiger partial charge in [-0.2, -0.15) is 0 Å². The number of carbonyl (C=O) groups excluding carboxylic acids is 2. The lowest BCUT2D eigenvalue weighted by Gasteiger charge is -2.33. The van der Waals surface area contributed by atoms with Crippen molar-refractivity contribution >= 4 is 27.5 Å². The van der Waals surface area contributed by atoms with Gasteiger partial charge in [-0.05, 0) is 49.6 Å². The van der Waals surface area contributed by atoms with Crippen molar-refractivity contribution in [3.05, 3.63) is 48.0 Å². The molecule has 1 aliphatic heterocycles.